The SMILES string of the molecule is CCCNC(CCC(C)C)c1cccc2cnccc12. The molecule has 0 saturated carbocycles. The first kappa shape index (κ1) is 15.0. The van der Waals surface area contributed by atoms with E-state index in [0.29, 0.717) is 6.04 Å². The van der Waals surface area contributed by atoms with E-state index in [2.05, 4.69) is 55.3 Å². The molecule has 0 saturated heterocycles. The molecule has 0 spiro atoms. The van der Waals surface area contributed by atoms with Gasteiger partial charge < -0.3 is 5.32 Å². The quantitative estimate of drug-likeness (QED) is 0.788. The Bertz CT molecular complexity index is 528. The molecule has 0 amide bonds. The van der Waals surface area contributed by atoms with Crippen LogP contribution in [0, 0.1) is 5.92 Å². The molecule has 1 aromatic carbocycles. The van der Waals surface area contributed by atoms with Crippen molar-refractivity contribution < 1.29 is 0 Å². The molecular weight excluding hydrogens is 244 g/mol. The van der Waals surface area contributed by atoms with Crippen LogP contribution < -0.4 is 5.32 Å². The summed E-state index contributed by atoms with van der Waals surface area (Å²) < 4.78 is 0. The van der Waals surface area contributed by atoms with Crippen molar-refractivity contribution in [3.63, 3.8) is 0 Å². The molecule has 0 fully saturated rings. The number of nitrogens with zero attached hydrogens (tertiary/aromatic N) is 1. The summed E-state index contributed by atoms with van der Waals surface area (Å²) in [6.45, 7) is 7.89. The number of benzene rings is 1. The summed E-state index contributed by atoms with van der Waals surface area (Å²) >= 11 is 0. The first-order valence-corrected chi connectivity index (χ1v) is 7.78. The molecule has 0 bridgehead atoms. The molecule has 1 unspecified atom stereocenters. The van der Waals surface area contributed by atoms with E-state index in [4.69, 9.17) is 0 Å². The van der Waals surface area contributed by atoms with Crippen molar-refractivity contribution in [1.82, 2.24) is 10.3 Å². The van der Waals surface area contributed by atoms with Crippen LogP contribution in [0.1, 0.15) is 51.6 Å². The highest BCUT2D eigenvalue weighted by molar-refractivity contribution is 5.85. The molecule has 0 aliphatic carbocycles. The fourth-order valence-corrected chi connectivity index (χ4v) is 2.64. The minimum Gasteiger partial charge on any atom is -0.310 e. The first-order valence-electron chi connectivity index (χ1n) is 7.78. The molecule has 1 aromatic heterocycles. The van der Waals surface area contributed by atoms with E-state index in [9.17, 15) is 0 Å². The van der Waals surface area contributed by atoms with Gasteiger partial charge in [0.15, 0.2) is 0 Å². The summed E-state index contributed by atoms with van der Waals surface area (Å²) in [5.41, 5.74) is 1.42. The summed E-state index contributed by atoms with van der Waals surface area (Å²) in [7, 11) is 0. The lowest BCUT2D eigenvalue weighted by Gasteiger charge is -2.21. The molecule has 108 valence electrons. The van der Waals surface area contributed by atoms with Gasteiger partial charge in [-0.3, -0.25) is 4.98 Å². The summed E-state index contributed by atoms with van der Waals surface area (Å²) in [4.78, 5) is 4.23. The van der Waals surface area contributed by atoms with Crippen LogP contribution >= 0.6 is 0 Å². The Balaban J connectivity index is 2.29. The molecule has 1 N–H and O–H groups in total. The van der Waals surface area contributed by atoms with Crippen LogP contribution in [0.4, 0.5) is 0 Å². The summed E-state index contributed by atoms with van der Waals surface area (Å²) in [6.07, 6.45) is 7.47. The second-order valence-electron chi connectivity index (χ2n) is 5.92. The van der Waals surface area contributed by atoms with Crippen LogP contribution in [0.5, 0.6) is 0 Å². The van der Waals surface area contributed by atoms with E-state index in [0.717, 1.165) is 12.5 Å². The normalized spacial score (nSPS) is 13.0. The van der Waals surface area contributed by atoms with E-state index in [1.54, 1.807) is 0 Å². The minimum atomic E-state index is 0.448. The number of hydrogen-bond acceptors (Lipinski definition) is 2. The molecule has 1 heterocycles. The number of aromatic nitrogens is 1. The van der Waals surface area contributed by atoms with Crippen molar-refractivity contribution in [1.29, 1.82) is 0 Å². The van der Waals surface area contributed by atoms with Crippen molar-refractivity contribution in [3.05, 3.63) is 42.2 Å². The zero-order valence-electron chi connectivity index (χ0n) is 12.9. The molecule has 20 heavy (non-hydrogen) atoms. The molecule has 2 rings (SSSR count). The topological polar surface area (TPSA) is 24.9 Å². The number of hydrogen-bond donors (Lipinski definition) is 1. The maximum atomic E-state index is 4.23. The predicted octanol–water partition coefficient (Wildman–Crippen LogP) is 4.71. The van der Waals surface area contributed by atoms with Crippen molar-refractivity contribution in [3.8, 4) is 0 Å². The zero-order chi connectivity index (χ0) is 14.4. The monoisotopic (exact) mass is 270 g/mol. The third-order valence-corrected chi connectivity index (χ3v) is 3.76. The lowest BCUT2D eigenvalue weighted by Crippen LogP contribution is -2.22. The van der Waals surface area contributed by atoms with Gasteiger partial charge in [-0.05, 0) is 48.7 Å². The third kappa shape index (κ3) is 3.80. The molecule has 2 heteroatoms. The Morgan fingerprint density at radius 2 is 2.00 bits per heavy atom. The van der Waals surface area contributed by atoms with Crippen LogP contribution in [-0.4, -0.2) is 11.5 Å². The number of rotatable bonds is 7. The Labute approximate surface area is 122 Å². The lowest BCUT2D eigenvalue weighted by atomic mass is 9.94. The standard InChI is InChI=1S/C18H26N2/c1-4-11-20-18(9-8-14(2)3)17-7-5-6-15-13-19-12-10-16(15)17/h5-7,10,12-14,18,20H,4,8-9,11H2,1-3H3. The predicted molar refractivity (Wildman–Crippen MR) is 86.8 cm³/mol. The second-order valence-corrected chi connectivity index (χ2v) is 5.92. The molecular formula is C18H26N2. The largest absolute Gasteiger partial charge is 0.310 e. The maximum absolute atomic E-state index is 4.23. The highest BCUT2D eigenvalue weighted by atomic mass is 14.9. The summed E-state index contributed by atoms with van der Waals surface area (Å²) in [5, 5.41) is 6.28. The van der Waals surface area contributed by atoms with Gasteiger partial charge in [-0.2, -0.15) is 0 Å². The third-order valence-electron chi connectivity index (χ3n) is 3.76. The Kier molecular flexibility index (Phi) is 5.54. The Morgan fingerprint density at radius 1 is 1.15 bits per heavy atom. The van der Waals surface area contributed by atoms with Gasteiger partial charge in [0.25, 0.3) is 0 Å². The van der Waals surface area contributed by atoms with Gasteiger partial charge in [0.2, 0.25) is 0 Å². The lowest BCUT2D eigenvalue weighted by molar-refractivity contribution is 0.442. The van der Waals surface area contributed by atoms with Crippen LogP contribution in [-0.2, 0) is 0 Å². The highest BCUT2D eigenvalue weighted by Crippen LogP contribution is 2.27. The van der Waals surface area contributed by atoms with Crippen molar-refractivity contribution in [2.75, 3.05) is 6.54 Å². The fourth-order valence-electron chi connectivity index (χ4n) is 2.64. The average molecular weight is 270 g/mol. The summed E-state index contributed by atoms with van der Waals surface area (Å²) in [5.74, 6) is 0.748. The fraction of sp³-hybridized carbons (Fsp3) is 0.500. The zero-order valence-corrected chi connectivity index (χ0v) is 12.9. The molecule has 0 aliphatic rings. The smallest absolute Gasteiger partial charge is 0.0346 e. The van der Waals surface area contributed by atoms with Gasteiger partial charge >= 0.3 is 0 Å². The van der Waals surface area contributed by atoms with Gasteiger partial charge in [0, 0.05) is 23.8 Å². The van der Waals surface area contributed by atoms with E-state index >= 15 is 0 Å². The summed E-state index contributed by atoms with van der Waals surface area (Å²) in [6, 6.07) is 9.14. The van der Waals surface area contributed by atoms with Crippen molar-refractivity contribution >= 4 is 10.8 Å². The number of fused-ring (bicyclic) bond motifs is 1. The van der Waals surface area contributed by atoms with E-state index in [-0.39, 0.29) is 0 Å². The van der Waals surface area contributed by atoms with Crippen LogP contribution in [0.25, 0.3) is 10.8 Å². The van der Waals surface area contributed by atoms with E-state index in [1.807, 2.05) is 12.4 Å². The van der Waals surface area contributed by atoms with E-state index < -0.39 is 0 Å². The Hall–Kier alpha value is -1.41. The first-order chi connectivity index (χ1) is 9.72. The van der Waals surface area contributed by atoms with Crippen LogP contribution in [0.15, 0.2) is 36.7 Å². The molecule has 0 radical (unpaired) electrons. The van der Waals surface area contributed by atoms with Gasteiger partial charge in [0.1, 0.15) is 0 Å². The van der Waals surface area contributed by atoms with Crippen molar-refractivity contribution in [2.24, 2.45) is 5.92 Å². The average Bonchev–Trinajstić information content (AvgIpc) is 2.47. The number of nitrogens with one attached hydrogen (secondary N) is 1. The van der Waals surface area contributed by atoms with Crippen LogP contribution in [0.3, 0.4) is 0 Å². The van der Waals surface area contributed by atoms with Gasteiger partial charge in [-0.25, -0.2) is 0 Å². The van der Waals surface area contributed by atoms with Gasteiger partial charge in [0.05, 0.1) is 0 Å². The molecule has 2 nitrogen and oxygen atoms in total. The minimum absolute atomic E-state index is 0.448. The van der Waals surface area contributed by atoms with Gasteiger partial charge in [-0.15, -0.1) is 0 Å². The van der Waals surface area contributed by atoms with Crippen LogP contribution in [0.2, 0.25) is 0 Å². The maximum Gasteiger partial charge on any atom is 0.0346 e. The Morgan fingerprint density at radius 3 is 2.75 bits per heavy atom. The van der Waals surface area contributed by atoms with Gasteiger partial charge in [-0.1, -0.05) is 39.0 Å². The molecule has 1 atom stereocenters. The second kappa shape index (κ2) is 7.39. The number of pyridine rings is 1. The molecule has 2 aromatic rings. The highest BCUT2D eigenvalue weighted by Gasteiger charge is 2.14. The molecule has 0 aliphatic heterocycles. The van der Waals surface area contributed by atoms with Crippen molar-refractivity contribution in [2.45, 2.75) is 46.1 Å². The van der Waals surface area contributed by atoms with E-state index in [1.165, 1.54) is 35.6 Å².